The first-order chi connectivity index (χ1) is 11.7. The summed E-state index contributed by atoms with van der Waals surface area (Å²) >= 11 is 1.56. The molecule has 0 radical (unpaired) electrons. The van der Waals surface area contributed by atoms with E-state index in [4.69, 9.17) is 0 Å². The summed E-state index contributed by atoms with van der Waals surface area (Å²) in [7, 11) is 0. The van der Waals surface area contributed by atoms with Crippen LogP contribution in [-0.2, 0) is 12.8 Å². The summed E-state index contributed by atoms with van der Waals surface area (Å²) in [6, 6.07) is 3.41. The molecule has 7 nitrogen and oxygen atoms in total. The number of hydrogen-bond acceptors (Lipinski definition) is 6. The second-order valence-electron chi connectivity index (χ2n) is 5.67. The van der Waals surface area contributed by atoms with E-state index in [1.807, 2.05) is 11.5 Å². The van der Waals surface area contributed by atoms with Crippen molar-refractivity contribution in [2.75, 3.05) is 5.32 Å². The van der Waals surface area contributed by atoms with Gasteiger partial charge in [0.1, 0.15) is 5.82 Å². The molecule has 1 aliphatic carbocycles. The molecule has 3 aromatic heterocycles. The fourth-order valence-corrected chi connectivity index (χ4v) is 3.81. The molecule has 0 saturated heterocycles. The number of anilines is 1. The van der Waals surface area contributed by atoms with Crippen LogP contribution in [-0.4, -0.2) is 30.6 Å². The van der Waals surface area contributed by atoms with Gasteiger partial charge in [0.15, 0.2) is 16.6 Å². The summed E-state index contributed by atoms with van der Waals surface area (Å²) in [4.78, 5) is 22.3. The second-order valence-corrected chi connectivity index (χ2v) is 6.75. The summed E-state index contributed by atoms with van der Waals surface area (Å²) in [6.07, 6.45) is 7.93. The van der Waals surface area contributed by atoms with Gasteiger partial charge in [-0.3, -0.25) is 14.7 Å². The number of nitrogens with zero attached hydrogens (tertiary/aromatic N) is 5. The number of hydrogen-bond donors (Lipinski definition) is 1. The molecule has 3 aromatic rings. The zero-order chi connectivity index (χ0) is 16.5. The molecule has 4 rings (SSSR count). The Bertz CT molecular complexity index is 859. The Balaban J connectivity index is 1.50. The van der Waals surface area contributed by atoms with Gasteiger partial charge >= 0.3 is 0 Å². The monoisotopic (exact) mass is 340 g/mol. The van der Waals surface area contributed by atoms with E-state index in [1.54, 1.807) is 35.9 Å². The van der Waals surface area contributed by atoms with Gasteiger partial charge in [-0.1, -0.05) is 0 Å². The van der Waals surface area contributed by atoms with E-state index in [9.17, 15) is 4.79 Å². The highest BCUT2D eigenvalue weighted by molar-refractivity contribution is 7.15. The lowest BCUT2D eigenvalue weighted by molar-refractivity contribution is 0.102. The minimum absolute atomic E-state index is 0.268. The van der Waals surface area contributed by atoms with Crippen molar-refractivity contribution in [1.29, 1.82) is 0 Å². The van der Waals surface area contributed by atoms with Crippen LogP contribution in [0.1, 0.15) is 39.7 Å². The first kappa shape index (κ1) is 14.9. The largest absolute Gasteiger partial charge is 0.296 e. The molecule has 1 N–H and O–H groups in total. The van der Waals surface area contributed by atoms with Crippen molar-refractivity contribution in [1.82, 2.24) is 24.7 Å². The van der Waals surface area contributed by atoms with Gasteiger partial charge in [0.2, 0.25) is 0 Å². The topological polar surface area (TPSA) is 85.6 Å². The van der Waals surface area contributed by atoms with E-state index >= 15 is 0 Å². The molecule has 0 unspecified atom stereocenters. The first-order valence-corrected chi connectivity index (χ1v) is 8.66. The summed E-state index contributed by atoms with van der Waals surface area (Å²) in [5.41, 5.74) is 1.39. The van der Waals surface area contributed by atoms with Crippen LogP contribution in [0.5, 0.6) is 0 Å². The van der Waals surface area contributed by atoms with Crippen LogP contribution in [0, 0.1) is 6.92 Å². The van der Waals surface area contributed by atoms with E-state index in [2.05, 4.69) is 25.5 Å². The predicted octanol–water partition coefficient (Wildman–Crippen LogP) is 2.56. The molecule has 0 saturated carbocycles. The Morgan fingerprint density at radius 3 is 2.83 bits per heavy atom. The number of thiazole rings is 1. The summed E-state index contributed by atoms with van der Waals surface area (Å²) in [5.74, 6) is 1.16. The first-order valence-electron chi connectivity index (χ1n) is 7.85. The predicted molar refractivity (Wildman–Crippen MR) is 90.6 cm³/mol. The average molecular weight is 340 g/mol. The number of aromatic nitrogens is 5. The van der Waals surface area contributed by atoms with Gasteiger partial charge in [0, 0.05) is 17.3 Å². The smallest absolute Gasteiger partial charge is 0.277 e. The van der Waals surface area contributed by atoms with Crippen molar-refractivity contribution in [3.63, 3.8) is 0 Å². The molecule has 122 valence electrons. The quantitative estimate of drug-likeness (QED) is 0.792. The minimum atomic E-state index is -0.289. The summed E-state index contributed by atoms with van der Waals surface area (Å²) in [6.45, 7) is 1.88. The number of aryl methyl sites for hydroxylation is 3. The fourth-order valence-electron chi connectivity index (χ4n) is 2.76. The summed E-state index contributed by atoms with van der Waals surface area (Å²) < 4.78 is 1.81. The fraction of sp³-hybridized carbons (Fsp3) is 0.312. The summed E-state index contributed by atoms with van der Waals surface area (Å²) in [5, 5.41) is 11.6. The zero-order valence-electron chi connectivity index (χ0n) is 13.2. The SMILES string of the molecule is Cc1nccn1-c1ccc(C(=O)Nc2nc3c(s2)CCCC3)nn1. The van der Waals surface area contributed by atoms with Crippen LogP contribution in [0.4, 0.5) is 5.13 Å². The number of amides is 1. The number of nitrogens with one attached hydrogen (secondary N) is 1. The second kappa shape index (κ2) is 6.12. The Morgan fingerprint density at radius 2 is 2.12 bits per heavy atom. The van der Waals surface area contributed by atoms with Crippen LogP contribution in [0.25, 0.3) is 5.82 Å². The van der Waals surface area contributed by atoms with Gasteiger partial charge in [-0.2, -0.15) is 0 Å². The lowest BCUT2D eigenvalue weighted by Gasteiger charge is -2.06. The number of rotatable bonds is 3. The molecule has 0 atom stereocenters. The Morgan fingerprint density at radius 1 is 1.25 bits per heavy atom. The zero-order valence-corrected chi connectivity index (χ0v) is 14.0. The highest BCUT2D eigenvalue weighted by Crippen LogP contribution is 2.29. The van der Waals surface area contributed by atoms with Gasteiger partial charge in [-0.25, -0.2) is 9.97 Å². The van der Waals surface area contributed by atoms with Crippen molar-refractivity contribution in [3.8, 4) is 5.82 Å². The normalized spacial score (nSPS) is 13.5. The molecule has 0 aromatic carbocycles. The molecular formula is C16H16N6OS. The third kappa shape index (κ3) is 2.80. The lowest BCUT2D eigenvalue weighted by Crippen LogP contribution is -2.15. The molecule has 1 aliphatic rings. The molecule has 0 spiro atoms. The van der Waals surface area contributed by atoms with E-state index < -0.39 is 0 Å². The van der Waals surface area contributed by atoms with E-state index in [0.29, 0.717) is 10.9 Å². The molecule has 0 aliphatic heterocycles. The third-order valence-corrected chi connectivity index (χ3v) is 5.09. The van der Waals surface area contributed by atoms with Crippen LogP contribution in [0.15, 0.2) is 24.5 Å². The van der Waals surface area contributed by atoms with Crippen LogP contribution in [0.2, 0.25) is 0 Å². The standard InChI is InChI=1S/C16H16N6OS/c1-10-17-8-9-22(10)14-7-6-12(20-21-14)15(23)19-16-18-11-4-2-3-5-13(11)24-16/h6-9H,2-5H2,1H3,(H,18,19,23). The molecule has 3 heterocycles. The highest BCUT2D eigenvalue weighted by Gasteiger charge is 2.17. The molecule has 0 fully saturated rings. The van der Waals surface area contributed by atoms with Gasteiger partial charge in [-0.05, 0) is 44.7 Å². The Hall–Kier alpha value is -2.61. The van der Waals surface area contributed by atoms with Gasteiger partial charge in [0.05, 0.1) is 5.69 Å². The number of carbonyl (C=O) groups is 1. The average Bonchev–Trinajstić information content (AvgIpc) is 3.20. The molecule has 1 amide bonds. The van der Waals surface area contributed by atoms with E-state index in [-0.39, 0.29) is 11.6 Å². The maximum absolute atomic E-state index is 12.3. The van der Waals surface area contributed by atoms with Crippen molar-refractivity contribution in [3.05, 3.63) is 46.6 Å². The van der Waals surface area contributed by atoms with Crippen LogP contribution < -0.4 is 5.32 Å². The maximum Gasteiger partial charge on any atom is 0.277 e. The van der Waals surface area contributed by atoms with Crippen molar-refractivity contribution in [2.24, 2.45) is 0 Å². The minimum Gasteiger partial charge on any atom is -0.296 e. The van der Waals surface area contributed by atoms with Gasteiger partial charge in [0.25, 0.3) is 5.91 Å². The van der Waals surface area contributed by atoms with Crippen molar-refractivity contribution < 1.29 is 4.79 Å². The maximum atomic E-state index is 12.3. The molecule has 0 bridgehead atoms. The molecular weight excluding hydrogens is 324 g/mol. The van der Waals surface area contributed by atoms with Crippen LogP contribution >= 0.6 is 11.3 Å². The number of fused-ring (bicyclic) bond motifs is 1. The Kier molecular flexibility index (Phi) is 3.81. The van der Waals surface area contributed by atoms with Gasteiger partial charge in [-0.15, -0.1) is 21.5 Å². The van der Waals surface area contributed by atoms with Gasteiger partial charge < -0.3 is 0 Å². The van der Waals surface area contributed by atoms with E-state index in [1.165, 1.54) is 17.7 Å². The number of imidazole rings is 1. The number of carbonyl (C=O) groups excluding carboxylic acids is 1. The Labute approximate surface area is 142 Å². The molecule has 24 heavy (non-hydrogen) atoms. The van der Waals surface area contributed by atoms with Crippen LogP contribution in [0.3, 0.4) is 0 Å². The van der Waals surface area contributed by atoms with Crippen molar-refractivity contribution >= 4 is 22.4 Å². The van der Waals surface area contributed by atoms with E-state index in [0.717, 1.165) is 24.4 Å². The molecule has 8 heteroatoms. The third-order valence-electron chi connectivity index (χ3n) is 4.02. The van der Waals surface area contributed by atoms with Crippen molar-refractivity contribution in [2.45, 2.75) is 32.6 Å². The highest BCUT2D eigenvalue weighted by atomic mass is 32.1. The lowest BCUT2D eigenvalue weighted by atomic mass is 10.0.